The standard InChI is InChI=1S/C24H28N4O4S2/c1-4-28(5-2)34(30,31)19-13-12-17(3)22(15-19)27-24(33)26-21-11-7-6-10-20(21)23(29)25-16-18-9-8-14-32-18/h6-15H,4-5,16H2,1-3H3,(H,25,29)(H2,26,27,33). The van der Waals surface area contributed by atoms with Crippen LogP contribution < -0.4 is 16.0 Å². The Balaban J connectivity index is 1.75. The first-order valence-corrected chi connectivity index (χ1v) is 12.7. The van der Waals surface area contributed by atoms with E-state index in [1.54, 1.807) is 74.7 Å². The molecule has 3 aromatic rings. The third-order valence-electron chi connectivity index (χ3n) is 5.22. The Morgan fingerprint density at radius 3 is 2.38 bits per heavy atom. The second kappa shape index (κ2) is 11.3. The first kappa shape index (κ1) is 25.4. The predicted octanol–water partition coefficient (Wildman–Crippen LogP) is 4.36. The van der Waals surface area contributed by atoms with E-state index in [1.807, 2.05) is 6.92 Å². The lowest BCUT2D eigenvalue weighted by Gasteiger charge is -2.20. The summed E-state index contributed by atoms with van der Waals surface area (Å²) in [5, 5.41) is 9.14. The molecule has 1 amide bonds. The van der Waals surface area contributed by atoms with Gasteiger partial charge in [-0.2, -0.15) is 4.31 Å². The average molecular weight is 501 g/mol. The third-order valence-corrected chi connectivity index (χ3v) is 7.47. The van der Waals surface area contributed by atoms with E-state index in [0.717, 1.165) is 5.56 Å². The molecule has 3 N–H and O–H groups in total. The van der Waals surface area contributed by atoms with Gasteiger partial charge in [0.25, 0.3) is 5.91 Å². The van der Waals surface area contributed by atoms with E-state index in [2.05, 4.69) is 16.0 Å². The topological polar surface area (TPSA) is 104 Å². The fourth-order valence-corrected chi connectivity index (χ4v) is 5.06. The predicted molar refractivity (Wildman–Crippen MR) is 137 cm³/mol. The summed E-state index contributed by atoms with van der Waals surface area (Å²) in [5.74, 6) is 0.358. The highest BCUT2D eigenvalue weighted by molar-refractivity contribution is 7.89. The number of furan rings is 1. The number of nitrogens with zero attached hydrogens (tertiary/aromatic N) is 1. The van der Waals surface area contributed by atoms with Crippen LogP contribution in [-0.4, -0.2) is 36.8 Å². The number of amides is 1. The zero-order valence-corrected chi connectivity index (χ0v) is 20.9. The fraction of sp³-hybridized carbons (Fsp3) is 0.250. The van der Waals surface area contributed by atoms with Gasteiger partial charge in [0.05, 0.1) is 29.0 Å². The summed E-state index contributed by atoms with van der Waals surface area (Å²) in [5.41, 5.74) is 2.31. The SMILES string of the molecule is CCN(CC)S(=O)(=O)c1ccc(C)c(NC(=S)Nc2ccccc2C(=O)NCc2ccco2)c1. The van der Waals surface area contributed by atoms with Crippen molar-refractivity contribution in [3.8, 4) is 0 Å². The molecule has 0 aliphatic heterocycles. The van der Waals surface area contributed by atoms with Gasteiger partial charge in [-0.05, 0) is 61.1 Å². The molecule has 1 heterocycles. The summed E-state index contributed by atoms with van der Waals surface area (Å²) in [7, 11) is -3.61. The lowest BCUT2D eigenvalue weighted by Crippen LogP contribution is -2.30. The Hall–Kier alpha value is -3.21. The summed E-state index contributed by atoms with van der Waals surface area (Å²) >= 11 is 5.46. The molecule has 0 atom stereocenters. The van der Waals surface area contributed by atoms with Crippen molar-refractivity contribution in [3.05, 3.63) is 77.7 Å². The molecule has 0 saturated carbocycles. The van der Waals surface area contributed by atoms with Gasteiger partial charge in [0, 0.05) is 18.8 Å². The van der Waals surface area contributed by atoms with E-state index in [-0.39, 0.29) is 22.5 Å². The normalized spacial score (nSPS) is 11.3. The van der Waals surface area contributed by atoms with Crippen LogP contribution in [0.3, 0.4) is 0 Å². The quantitative estimate of drug-likeness (QED) is 0.375. The van der Waals surface area contributed by atoms with Gasteiger partial charge in [-0.15, -0.1) is 0 Å². The van der Waals surface area contributed by atoms with Crippen molar-refractivity contribution in [2.24, 2.45) is 0 Å². The summed E-state index contributed by atoms with van der Waals surface area (Å²) in [6.45, 7) is 6.48. The third kappa shape index (κ3) is 6.02. The molecule has 0 saturated heterocycles. The van der Waals surface area contributed by atoms with Crippen molar-refractivity contribution < 1.29 is 17.6 Å². The summed E-state index contributed by atoms with van der Waals surface area (Å²) in [6.07, 6.45) is 1.55. The van der Waals surface area contributed by atoms with Gasteiger partial charge < -0.3 is 20.4 Å². The number of benzene rings is 2. The fourth-order valence-electron chi connectivity index (χ4n) is 3.35. The number of thiocarbonyl (C=S) groups is 1. The van der Waals surface area contributed by atoms with Gasteiger partial charge in [-0.1, -0.05) is 32.0 Å². The van der Waals surface area contributed by atoms with Crippen molar-refractivity contribution in [3.63, 3.8) is 0 Å². The highest BCUT2D eigenvalue weighted by Crippen LogP contribution is 2.24. The van der Waals surface area contributed by atoms with Crippen LogP contribution in [0.1, 0.15) is 35.5 Å². The maximum absolute atomic E-state index is 12.9. The number of hydrogen-bond acceptors (Lipinski definition) is 5. The largest absolute Gasteiger partial charge is 0.467 e. The molecule has 0 aliphatic carbocycles. The lowest BCUT2D eigenvalue weighted by atomic mass is 10.1. The Kier molecular flexibility index (Phi) is 8.43. The Morgan fingerprint density at radius 2 is 1.71 bits per heavy atom. The Labute approximate surface area is 205 Å². The van der Waals surface area contributed by atoms with Crippen LogP contribution in [0.15, 0.2) is 70.2 Å². The number of hydrogen-bond donors (Lipinski definition) is 3. The van der Waals surface area contributed by atoms with Gasteiger partial charge in [-0.25, -0.2) is 8.42 Å². The molecule has 0 aliphatic rings. The summed E-state index contributed by atoms with van der Waals surface area (Å²) in [4.78, 5) is 12.9. The lowest BCUT2D eigenvalue weighted by molar-refractivity contribution is 0.0949. The number of para-hydroxylation sites is 1. The second-order valence-corrected chi connectivity index (χ2v) is 9.80. The molecule has 0 bridgehead atoms. The zero-order chi connectivity index (χ0) is 24.7. The molecule has 3 rings (SSSR count). The minimum atomic E-state index is -3.61. The molecule has 0 spiro atoms. The van der Waals surface area contributed by atoms with E-state index in [0.29, 0.717) is 35.8 Å². The van der Waals surface area contributed by atoms with Crippen molar-refractivity contribution in [1.29, 1.82) is 0 Å². The number of anilines is 2. The minimum absolute atomic E-state index is 0.185. The molecule has 0 radical (unpaired) electrons. The van der Waals surface area contributed by atoms with Gasteiger partial charge in [0.2, 0.25) is 10.0 Å². The highest BCUT2D eigenvalue weighted by atomic mass is 32.2. The molecular formula is C24H28N4O4S2. The zero-order valence-electron chi connectivity index (χ0n) is 19.3. The van der Waals surface area contributed by atoms with Gasteiger partial charge >= 0.3 is 0 Å². The van der Waals surface area contributed by atoms with Crippen LogP contribution in [0.5, 0.6) is 0 Å². The average Bonchev–Trinajstić information content (AvgIpc) is 3.33. The van der Waals surface area contributed by atoms with E-state index in [9.17, 15) is 13.2 Å². The van der Waals surface area contributed by atoms with E-state index in [1.165, 1.54) is 4.31 Å². The van der Waals surface area contributed by atoms with Gasteiger partial charge in [0.15, 0.2) is 5.11 Å². The van der Waals surface area contributed by atoms with Crippen LogP contribution in [0.4, 0.5) is 11.4 Å². The van der Waals surface area contributed by atoms with E-state index >= 15 is 0 Å². The smallest absolute Gasteiger partial charge is 0.253 e. The summed E-state index contributed by atoms with van der Waals surface area (Å²) < 4.78 is 32.4. The second-order valence-electron chi connectivity index (χ2n) is 7.45. The van der Waals surface area contributed by atoms with Crippen LogP contribution in [0, 0.1) is 6.92 Å². The van der Waals surface area contributed by atoms with Gasteiger partial charge in [0.1, 0.15) is 5.76 Å². The molecule has 0 unspecified atom stereocenters. The number of nitrogens with one attached hydrogen (secondary N) is 3. The molecule has 0 fully saturated rings. The number of carbonyl (C=O) groups excluding carboxylic acids is 1. The highest BCUT2D eigenvalue weighted by Gasteiger charge is 2.22. The molecule has 10 heteroatoms. The van der Waals surface area contributed by atoms with E-state index < -0.39 is 10.0 Å². The molecule has 2 aromatic carbocycles. The van der Waals surface area contributed by atoms with E-state index in [4.69, 9.17) is 16.6 Å². The summed E-state index contributed by atoms with van der Waals surface area (Å²) in [6, 6.07) is 15.4. The van der Waals surface area contributed by atoms with Crippen molar-refractivity contribution >= 4 is 44.6 Å². The molecule has 8 nitrogen and oxygen atoms in total. The van der Waals surface area contributed by atoms with Crippen LogP contribution in [0.2, 0.25) is 0 Å². The van der Waals surface area contributed by atoms with Crippen molar-refractivity contribution in [2.45, 2.75) is 32.2 Å². The molecule has 1 aromatic heterocycles. The van der Waals surface area contributed by atoms with Crippen LogP contribution in [-0.2, 0) is 16.6 Å². The maximum atomic E-state index is 12.9. The van der Waals surface area contributed by atoms with Gasteiger partial charge in [-0.3, -0.25) is 4.79 Å². The van der Waals surface area contributed by atoms with Crippen molar-refractivity contribution in [2.75, 3.05) is 23.7 Å². The minimum Gasteiger partial charge on any atom is -0.467 e. The first-order valence-electron chi connectivity index (χ1n) is 10.8. The Bertz CT molecular complexity index is 1250. The monoisotopic (exact) mass is 500 g/mol. The molecule has 180 valence electrons. The first-order chi connectivity index (χ1) is 16.3. The number of rotatable bonds is 9. The number of sulfonamides is 1. The van der Waals surface area contributed by atoms with Crippen molar-refractivity contribution in [1.82, 2.24) is 9.62 Å². The van der Waals surface area contributed by atoms with Crippen LogP contribution in [0.25, 0.3) is 0 Å². The number of carbonyl (C=O) groups is 1. The Morgan fingerprint density at radius 1 is 1.00 bits per heavy atom. The maximum Gasteiger partial charge on any atom is 0.253 e. The molecule has 34 heavy (non-hydrogen) atoms. The number of aryl methyl sites for hydroxylation is 1. The van der Waals surface area contributed by atoms with Crippen LogP contribution >= 0.6 is 12.2 Å². The molecular weight excluding hydrogens is 472 g/mol.